The number of anilines is 1. The molecule has 1 atom stereocenters. The lowest BCUT2D eigenvalue weighted by Crippen LogP contribution is -2.44. The largest absolute Gasteiger partial charge is 0.492 e. The monoisotopic (exact) mass is 592 g/mol. The lowest BCUT2D eigenvalue weighted by molar-refractivity contribution is 0.102. The highest BCUT2D eigenvalue weighted by molar-refractivity contribution is 6.07. The van der Waals surface area contributed by atoms with Crippen LogP contribution in [0.5, 0.6) is 5.75 Å². The molecular formula is C36H44N6O2. The van der Waals surface area contributed by atoms with Crippen LogP contribution < -0.4 is 10.1 Å². The first-order chi connectivity index (χ1) is 21.1. The molecule has 2 aliphatic heterocycles. The van der Waals surface area contributed by atoms with Gasteiger partial charge < -0.3 is 14.6 Å². The van der Waals surface area contributed by atoms with Crippen LogP contribution in [0.3, 0.4) is 0 Å². The molecule has 8 nitrogen and oxygen atoms in total. The Balaban J connectivity index is 1.23. The van der Waals surface area contributed by atoms with Crippen LogP contribution in [0.25, 0.3) is 0 Å². The number of benzene rings is 2. The van der Waals surface area contributed by atoms with E-state index in [1.54, 1.807) is 6.33 Å². The predicted molar refractivity (Wildman–Crippen MR) is 170 cm³/mol. The first-order valence-electron chi connectivity index (χ1n) is 16.4. The highest BCUT2D eigenvalue weighted by Crippen LogP contribution is 2.54. The summed E-state index contributed by atoms with van der Waals surface area (Å²) in [7, 11) is 1.99. The molecule has 1 aromatic heterocycles. The third kappa shape index (κ3) is 5.30. The molecule has 1 amide bonds. The summed E-state index contributed by atoms with van der Waals surface area (Å²) in [4.78, 5) is 16.7. The number of hydrogen-bond acceptors (Lipinski definition) is 6. The molecule has 3 aromatic rings. The normalized spacial score (nSPS) is 25.9. The molecule has 0 unspecified atom stereocenters. The quantitative estimate of drug-likeness (QED) is 0.323. The van der Waals surface area contributed by atoms with Crippen LogP contribution in [-0.4, -0.2) is 45.3 Å². The van der Waals surface area contributed by atoms with E-state index < -0.39 is 0 Å². The molecule has 2 saturated carbocycles. The van der Waals surface area contributed by atoms with Gasteiger partial charge in [-0.3, -0.25) is 9.69 Å². The number of hydrogen-bond donors (Lipinski definition) is 1. The minimum Gasteiger partial charge on any atom is -0.492 e. The minimum absolute atomic E-state index is 0.129. The number of nitrogens with one attached hydrogen (secondary N) is 1. The number of aryl methyl sites for hydroxylation is 1. The van der Waals surface area contributed by atoms with Crippen LogP contribution in [0.15, 0.2) is 36.7 Å². The van der Waals surface area contributed by atoms with Crippen LogP contribution in [-0.2, 0) is 24.4 Å². The topological polar surface area (TPSA) is 96.1 Å². The maximum Gasteiger partial charge on any atom is 0.259 e. The second-order valence-electron chi connectivity index (χ2n) is 14.7. The van der Waals surface area contributed by atoms with Crippen molar-refractivity contribution in [1.29, 1.82) is 5.26 Å². The Morgan fingerprint density at radius 3 is 2.68 bits per heavy atom. The van der Waals surface area contributed by atoms with E-state index in [-0.39, 0.29) is 16.7 Å². The minimum atomic E-state index is -0.322. The van der Waals surface area contributed by atoms with Crippen molar-refractivity contribution in [3.8, 4) is 11.8 Å². The van der Waals surface area contributed by atoms with Gasteiger partial charge in [0.2, 0.25) is 0 Å². The smallest absolute Gasteiger partial charge is 0.259 e. The number of nitriles is 1. The second kappa shape index (κ2) is 11.0. The molecule has 44 heavy (non-hydrogen) atoms. The maximum absolute atomic E-state index is 14.2. The van der Waals surface area contributed by atoms with Crippen LogP contribution in [0.4, 0.5) is 5.69 Å². The third-order valence-electron chi connectivity index (χ3n) is 10.5. The highest BCUT2D eigenvalue weighted by atomic mass is 16.5. The van der Waals surface area contributed by atoms with E-state index in [1.165, 1.54) is 36.8 Å². The number of aromatic nitrogens is 3. The molecule has 2 aliphatic carbocycles. The van der Waals surface area contributed by atoms with Crippen molar-refractivity contribution < 1.29 is 9.53 Å². The van der Waals surface area contributed by atoms with Gasteiger partial charge in [0.15, 0.2) is 0 Å². The van der Waals surface area contributed by atoms with Crippen molar-refractivity contribution >= 4 is 11.6 Å². The maximum atomic E-state index is 14.2. The van der Waals surface area contributed by atoms with Gasteiger partial charge in [-0.15, -0.1) is 10.2 Å². The molecule has 230 valence electrons. The van der Waals surface area contributed by atoms with E-state index in [9.17, 15) is 10.1 Å². The number of ether oxygens (including phenoxy) is 1. The molecule has 3 heterocycles. The number of likely N-dealkylation sites (tertiary alicyclic amines) is 1. The molecule has 1 N–H and O–H groups in total. The standard InChI is InChI=1S/C36H44N6O2/c1-23-6-5-11-42(19-23)20-25-12-30(32-31(13-25)35(2,3)21-44-32)33(43)39-29-15-27(26-7-8-26)14-28(16-29)36(17-24(18-36)9-10-37)34-40-38-22-41(34)4/h12-16,22-24,26H,5-9,11,17-21H2,1-4H3,(H,39,43)/t23-,24?,36?/m0/s1. The molecule has 8 heteroatoms. The number of fused-ring (bicyclic) bond motifs is 1. The lowest BCUT2D eigenvalue weighted by atomic mass is 9.57. The van der Waals surface area contributed by atoms with Crippen molar-refractivity contribution in [3.05, 3.63) is 70.3 Å². The summed E-state index contributed by atoms with van der Waals surface area (Å²) in [6.45, 7) is 10.3. The van der Waals surface area contributed by atoms with Crippen LogP contribution in [0, 0.1) is 23.2 Å². The number of carbonyl (C=O) groups excluding carboxylic acids is 1. The van der Waals surface area contributed by atoms with Gasteiger partial charge >= 0.3 is 0 Å². The van der Waals surface area contributed by atoms with Gasteiger partial charge in [0, 0.05) is 43.2 Å². The summed E-state index contributed by atoms with van der Waals surface area (Å²) in [5.41, 5.74) is 5.66. The first-order valence-corrected chi connectivity index (χ1v) is 16.4. The molecule has 0 radical (unpaired) electrons. The molecule has 3 fully saturated rings. The number of piperidine rings is 1. The fourth-order valence-corrected chi connectivity index (χ4v) is 7.94. The molecule has 1 saturated heterocycles. The van der Waals surface area contributed by atoms with E-state index in [4.69, 9.17) is 4.74 Å². The van der Waals surface area contributed by atoms with Crippen molar-refractivity contribution in [2.24, 2.45) is 18.9 Å². The summed E-state index contributed by atoms with van der Waals surface area (Å²) >= 11 is 0. The van der Waals surface area contributed by atoms with Crippen molar-refractivity contribution in [2.45, 2.75) is 89.0 Å². The Kier molecular flexibility index (Phi) is 7.28. The predicted octanol–water partition coefficient (Wildman–Crippen LogP) is 6.46. The molecule has 0 spiro atoms. The van der Waals surface area contributed by atoms with Gasteiger partial charge in [-0.25, -0.2) is 0 Å². The molecular weight excluding hydrogens is 548 g/mol. The highest BCUT2D eigenvalue weighted by Gasteiger charge is 2.50. The van der Waals surface area contributed by atoms with Crippen molar-refractivity contribution in [2.75, 3.05) is 25.0 Å². The zero-order chi connectivity index (χ0) is 30.6. The summed E-state index contributed by atoms with van der Waals surface area (Å²) in [6, 6.07) is 13.3. The van der Waals surface area contributed by atoms with Gasteiger partial charge in [-0.1, -0.05) is 32.9 Å². The van der Waals surface area contributed by atoms with Crippen LogP contribution in [0.2, 0.25) is 0 Å². The van der Waals surface area contributed by atoms with E-state index in [1.807, 2.05) is 11.6 Å². The average Bonchev–Trinajstić information content (AvgIpc) is 3.67. The summed E-state index contributed by atoms with van der Waals surface area (Å²) in [6.07, 6.45) is 8.83. The van der Waals surface area contributed by atoms with Gasteiger partial charge in [-0.05, 0) is 97.7 Å². The zero-order valence-electron chi connectivity index (χ0n) is 26.5. The van der Waals surface area contributed by atoms with Crippen LogP contribution in [0.1, 0.15) is 110 Å². The van der Waals surface area contributed by atoms with Gasteiger partial charge in [-0.2, -0.15) is 5.26 Å². The average molecular weight is 593 g/mol. The van der Waals surface area contributed by atoms with E-state index in [2.05, 4.69) is 77.6 Å². The van der Waals surface area contributed by atoms with Crippen LogP contribution >= 0.6 is 0 Å². The Hall–Kier alpha value is -3.70. The Morgan fingerprint density at radius 2 is 1.98 bits per heavy atom. The fraction of sp³-hybridized carbons (Fsp3) is 0.556. The zero-order valence-corrected chi connectivity index (χ0v) is 26.5. The van der Waals surface area contributed by atoms with Gasteiger partial charge in [0.05, 0.1) is 23.7 Å². The number of rotatable bonds is 8. The van der Waals surface area contributed by atoms with E-state index in [0.717, 1.165) is 60.9 Å². The van der Waals surface area contributed by atoms with Gasteiger partial charge in [0.1, 0.15) is 17.9 Å². The molecule has 2 aromatic carbocycles. The van der Waals surface area contributed by atoms with E-state index >= 15 is 0 Å². The first kappa shape index (κ1) is 29.0. The lowest BCUT2D eigenvalue weighted by Gasteiger charge is -2.47. The fourth-order valence-electron chi connectivity index (χ4n) is 7.94. The molecule has 0 bridgehead atoms. The molecule has 4 aliphatic rings. The Morgan fingerprint density at radius 1 is 1.16 bits per heavy atom. The number of nitrogens with zero attached hydrogens (tertiary/aromatic N) is 5. The Labute approximate surface area is 260 Å². The van der Waals surface area contributed by atoms with Gasteiger partial charge in [0.25, 0.3) is 5.91 Å². The SMILES string of the molecule is C[C@H]1CCCN(Cc2cc(C(=O)Nc3cc(C4CC4)cc(C4(c5nncn5C)CC(CC#N)C4)c3)c3c(c2)C(C)(C)CO3)C1. The number of carbonyl (C=O) groups is 1. The van der Waals surface area contributed by atoms with Crippen molar-refractivity contribution in [3.63, 3.8) is 0 Å². The number of amides is 1. The summed E-state index contributed by atoms with van der Waals surface area (Å²) in [5.74, 6) is 3.05. The van der Waals surface area contributed by atoms with Crippen molar-refractivity contribution in [1.82, 2.24) is 19.7 Å². The Bertz CT molecular complexity index is 1620. The summed E-state index contributed by atoms with van der Waals surface area (Å²) < 4.78 is 8.22. The second-order valence-corrected chi connectivity index (χ2v) is 14.7. The van der Waals surface area contributed by atoms with E-state index in [0.29, 0.717) is 36.3 Å². The molecule has 7 rings (SSSR count). The third-order valence-corrected chi connectivity index (χ3v) is 10.5. The summed E-state index contributed by atoms with van der Waals surface area (Å²) in [5, 5.41) is 21.4.